The molecule has 0 radical (unpaired) electrons. The number of ether oxygens (including phenoxy) is 1. The number of benzene rings is 1. The van der Waals surface area contributed by atoms with Gasteiger partial charge in [-0.3, -0.25) is 4.79 Å². The molecule has 4 nitrogen and oxygen atoms in total. The van der Waals surface area contributed by atoms with Gasteiger partial charge in [-0.1, -0.05) is 11.6 Å². The quantitative estimate of drug-likeness (QED) is 0.914. The summed E-state index contributed by atoms with van der Waals surface area (Å²) in [6.45, 7) is 1.27. The number of carbonyl (C=O) groups excluding carboxylic acids is 1. The van der Waals surface area contributed by atoms with Gasteiger partial charge < -0.3 is 14.6 Å². The van der Waals surface area contributed by atoms with Crippen LogP contribution in [-0.4, -0.2) is 28.9 Å². The number of nitrogens with one attached hydrogen (secondary N) is 1. The Kier molecular flexibility index (Phi) is 3.77. The molecular formula is C18H19ClN2O2. The summed E-state index contributed by atoms with van der Waals surface area (Å²) in [7, 11) is 0. The molecule has 1 aromatic heterocycles. The summed E-state index contributed by atoms with van der Waals surface area (Å²) >= 11 is 6.07. The Bertz CT molecular complexity index is 714. The largest absolute Gasteiger partial charge is 0.492 e. The predicted octanol–water partition coefficient (Wildman–Crippen LogP) is 3.58. The summed E-state index contributed by atoms with van der Waals surface area (Å²) in [4.78, 5) is 18.3. The fraction of sp³-hybridized carbons (Fsp3) is 0.389. The molecule has 1 aromatic carbocycles. The van der Waals surface area contributed by atoms with Gasteiger partial charge in [-0.2, -0.15) is 0 Å². The molecule has 2 aliphatic rings. The van der Waals surface area contributed by atoms with Crippen molar-refractivity contribution in [3.05, 3.63) is 52.8 Å². The lowest BCUT2D eigenvalue weighted by Gasteiger charge is -2.31. The number of nitrogens with zero attached hydrogens (tertiary/aromatic N) is 1. The van der Waals surface area contributed by atoms with Crippen LogP contribution < -0.4 is 4.74 Å². The maximum Gasteiger partial charge on any atom is 0.230 e. The maximum atomic E-state index is 13.0. The fourth-order valence-electron chi connectivity index (χ4n) is 3.66. The molecule has 0 aliphatic carbocycles. The number of fused-ring (bicyclic) bond motifs is 1. The smallest absolute Gasteiger partial charge is 0.230 e. The number of rotatable bonds is 2. The Hall–Kier alpha value is -1.94. The van der Waals surface area contributed by atoms with Crippen molar-refractivity contribution in [2.75, 3.05) is 13.2 Å². The van der Waals surface area contributed by atoms with Gasteiger partial charge >= 0.3 is 0 Å². The van der Waals surface area contributed by atoms with Crippen LogP contribution in [0.2, 0.25) is 5.02 Å². The molecule has 1 saturated heterocycles. The van der Waals surface area contributed by atoms with E-state index in [2.05, 4.69) is 11.1 Å². The van der Waals surface area contributed by atoms with Gasteiger partial charge in [0, 0.05) is 23.5 Å². The normalized spacial score (nSPS) is 23.4. The highest BCUT2D eigenvalue weighted by molar-refractivity contribution is 6.30. The van der Waals surface area contributed by atoms with E-state index >= 15 is 0 Å². The van der Waals surface area contributed by atoms with Gasteiger partial charge in [0.15, 0.2) is 0 Å². The number of halogens is 1. The second kappa shape index (κ2) is 5.93. The van der Waals surface area contributed by atoms with Crippen LogP contribution in [0.4, 0.5) is 0 Å². The number of hydrogen-bond acceptors (Lipinski definition) is 2. The molecule has 4 rings (SSSR count). The number of hydrogen-bond donors (Lipinski definition) is 1. The summed E-state index contributed by atoms with van der Waals surface area (Å²) < 4.78 is 5.78. The number of H-pyrrole nitrogens is 1. The van der Waals surface area contributed by atoms with Crippen molar-refractivity contribution in [1.82, 2.24) is 9.88 Å². The Morgan fingerprint density at radius 3 is 3.09 bits per heavy atom. The van der Waals surface area contributed by atoms with E-state index in [-0.39, 0.29) is 17.9 Å². The van der Waals surface area contributed by atoms with Crippen LogP contribution in [0.15, 0.2) is 36.5 Å². The van der Waals surface area contributed by atoms with Gasteiger partial charge in [-0.05, 0) is 55.2 Å². The highest BCUT2D eigenvalue weighted by Crippen LogP contribution is 2.35. The van der Waals surface area contributed by atoms with Crippen molar-refractivity contribution >= 4 is 17.5 Å². The van der Waals surface area contributed by atoms with Gasteiger partial charge in [0.25, 0.3) is 0 Å². The van der Waals surface area contributed by atoms with Crippen molar-refractivity contribution in [2.24, 2.45) is 5.92 Å². The number of amides is 1. The average molecular weight is 331 g/mol. The Balaban J connectivity index is 1.53. The predicted molar refractivity (Wildman–Crippen MR) is 88.6 cm³/mol. The SMILES string of the molecule is O=C([C@H]1COc2ccc(Cl)cc2C1)N1CCC[C@@H]1c1ccc[nH]1. The lowest BCUT2D eigenvalue weighted by atomic mass is 9.95. The van der Waals surface area contributed by atoms with Crippen molar-refractivity contribution in [3.63, 3.8) is 0 Å². The van der Waals surface area contributed by atoms with E-state index in [1.165, 1.54) is 0 Å². The van der Waals surface area contributed by atoms with Gasteiger partial charge in [-0.15, -0.1) is 0 Å². The van der Waals surface area contributed by atoms with E-state index in [1.807, 2.05) is 35.4 Å². The van der Waals surface area contributed by atoms with E-state index in [1.54, 1.807) is 0 Å². The van der Waals surface area contributed by atoms with Crippen LogP contribution >= 0.6 is 11.6 Å². The third-order valence-corrected chi connectivity index (χ3v) is 5.03. The molecule has 23 heavy (non-hydrogen) atoms. The number of aromatic amines is 1. The first-order chi connectivity index (χ1) is 11.2. The zero-order valence-corrected chi connectivity index (χ0v) is 13.6. The van der Waals surface area contributed by atoms with E-state index in [0.717, 1.165) is 36.4 Å². The van der Waals surface area contributed by atoms with Crippen molar-refractivity contribution in [1.29, 1.82) is 0 Å². The Morgan fingerprint density at radius 1 is 1.35 bits per heavy atom. The van der Waals surface area contributed by atoms with Crippen molar-refractivity contribution in [2.45, 2.75) is 25.3 Å². The van der Waals surface area contributed by atoms with Crippen LogP contribution in [0, 0.1) is 5.92 Å². The summed E-state index contributed by atoms with van der Waals surface area (Å²) in [6.07, 6.45) is 4.68. The first kappa shape index (κ1) is 14.6. The second-order valence-corrected chi connectivity index (χ2v) is 6.72. The highest BCUT2D eigenvalue weighted by Gasteiger charge is 2.36. The number of carbonyl (C=O) groups is 1. The Morgan fingerprint density at radius 2 is 2.26 bits per heavy atom. The van der Waals surface area contributed by atoms with Gasteiger partial charge in [0.2, 0.25) is 5.91 Å². The molecule has 0 unspecified atom stereocenters. The highest BCUT2D eigenvalue weighted by atomic mass is 35.5. The van der Waals surface area contributed by atoms with Crippen LogP contribution in [0.1, 0.15) is 30.1 Å². The van der Waals surface area contributed by atoms with Crippen LogP contribution in [0.5, 0.6) is 5.75 Å². The fourth-order valence-corrected chi connectivity index (χ4v) is 3.86. The molecule has 5 heteroatoms. The summed E-state index contributed by atoms with van der Waals surface area (Å²) in [5.41, 5.74) is 2.15. The average Bonchev–Trinajstić information content (AvgIpc) is 3.24. The maximum absolute atomic E-state index is 13.0. The Labute approximate surface area is 140 Å². The van der Waals surface area contributed by atoms with Gasteiger partial charge in [0.1, 0.15) is 12.4 Å². The zero-order valence-electron chi connectivity index (χ0n) is 12.8. The molecule has 3 heterocycles. The molecule has 1 N–H and O–H groups in total. The molecule has 120 valence electrons. The molecule has 2 atom stereocenters. The third-order valence-electron chi connectivity index (χ3n) is 4.79. The second-order valence-electron chi connectivity index (χ2n) is 6.28. The van der Waals surface area contributed by atoms with Crippen LogP contribution in [0.3, 0.4) is 0 Å². The lowest BCUT2D eigenvalue weighted by molar-refractivity contribution is -0.138. The number of likely N-dealkylation sites (tertiary alicyclic amines) is 1. The molecule has 1 fully saturated rings. The standard InChI is InChI=1S/C18H19ClN2O2/c19-14-5-6-17-12(10-14)9-13(11-23-17)18(22)21-8-2-4-16(21)15-3-1-7-20-15/h1,3,5-7,10,13,16,20H,2,4,8-9,11H2/t13-,16-/m1/s1. The van der Waals surface area contributed by atoms with Crippen LogP contribution in [0.25, 0.3) is 0 Å². The van der Waals surface area contributed by atoms with Gasteiger partial charge in [-0.25, -0.2) is 0 Å². The summed E-state index contributed by atoms with van der Waals surface area (Å²) in [5, 5.41) is 0.686. The van der Waals surface area contributed by atoms with E-state index < -0.39 is 0 Å². The summed E-state index contributed by atoms with van der Waals surface area (Å²) in [6, 6.07) is 9.82. The minimum absolute atomic E-state index is 0.128. The van der Waals surface area contributed by atoms with Crippen molar-refractivity contribution in [3.8, 4) is 5.75 Å². The first-order valence-electron chi connectivity index (χ1n) is 8.07. The topological polar surface area (TPSA) is 45.3 Å². The van der Waals surface area contributed by atoms with E-state index in [0.29, 0.717) is 18.1 Å². The first-order valence-corrected chi connectivity index (χ1v) is 8.45. The molecule has 0 spiro atoms. The molecule has 2 aromatic rings. The monoisotopic (exact) mass is 330 g/mol. The number of aromatic nitrogens is 1. The molecule has 2 aliphatic heterocycles. The van der Waals surface area contributed by atoms with Crippen molar-refractivity contribution < 1.29 is 9.53 Å². The van der Waals surface area contributed by atoms with Gasteiger partial charge in [0.05, 0.1) is 12.0 Å². The molecule has 1 amide bonds. The zero-order chi connectivity index (χ0) is 15.8. The molecule has 0 saturated carbocycles. The third kappa shape index (κ3) is 2.72. The minimum atomic E-state index is -0.128. The lowest BCUT2D eigenvalue weighted by Crippen LogP contribution is -2.40. The van der Waals surface area contributed by atoms with E-state index in [9.17, 15) is 4.79 Å². The molecular weight excluding hydrogens is 312 g/mol. The van der Waals surface area contributed by atoms with Crippen LogP contribution in [-0.2, 0) is 11.2 Å². The minimum Gasteiger partial charge on any atom is -0.492 e. The molecule has 0 bridgehead atoms. The summed E-state index contributed by atoms with van der Waals surface area (Å²) in [5.74, 6) is 0.907. The van der Waals surface area contributed by atoms with E-state index in [4.69, 9.17) is 16.3 Å².